The van der Waals surface area contributed by atoms with Crippen LogP contribution in [0.15, 0.2) is 53.0 Å². The monoisotopic (exact) mass is 473 g/mol. The van der Waals surface area contributed by atoms with Gasteiger partial charge in [0.25, 0.3) is 5.91 Å². The number of hydrogen-bond acceptors (Lipinski definition) is 4. The minimum absolute atomic E-state index is 0.0122. The number of nitrogens with zero attached hydrogens (tertiary/aromatic N) is 1. The van der Waals surface area contributed by atoms with Gasteiger partial charge in [-0.15, -0.1) is 0 Å². The molecule has 1 saturated heterocycles. The third-order valence-corrected chi connectivity index (χ3v) is 5.85. The normalized spacial score (nSPS) is 14.9. The van der Waals surface area contributed by atoms with E-state index in [4.69, 9.17) is 4.74 Å². The number of carbonyl (C=O) groups excluding carboxylic acids is 2. The van der Waals surface area contributed by atoms with Crippen LogP contribution < -0.4 is 15.4 Å². The molecule has 0 unspecified atom stereocenters. The Morgan fingerprint density at radius 1 is 1.10 bits per heavy atom. The molecule has 6 nitrogen and oxygen atoms in total. The average Bonchev–Trinajstić information content (AvgIpc) is 2.77. The molecule has 0 radical (unpaired) electrons. The molecule has 160 valence electrons. The van der Waals surface area contributed by atoms with Crippen LogP contribution in [0.5, 0.6) is 5.75 Å². The first-order valence-electron chi connectivity index (χ1n) is 10.2. The zero-order valence-corrected chi connectivity index (χ0v) is 18.8. The Labute approximate surface area is 186 Å². The van der Waals surface area contributed by atoms with Crippen molar-refractivity contribution in [3.05, 3.63) is 64.1 Å². The maximum atomic E-state index is 12.1. The van der Waals surface area contributed by atoms with E-state index in [1.807, 2.05) is 18.2 Å². The molecule has 2 aromatic rings. The predicted octanol–water partition coefficient (Wildman–Crippen LogP) is 3.22. The van der Waals surface area contributed by atoms with E-state index in [1.54, 1.807) is 25.3 Å². The summed E-state index contributed by atoms with van der Waals surface area (Å²) < 4.78 is 6.04. The van der Waals surface area contributed by atoms with Gasteiger partial charge in [0.1, 0.15) is 5.75 Å². The van der Waals surface area contributed by atoms with E-state index in [0.29, 0.717) is 18.0 Å². The summed E-state index contributed by atoms with van der Waals surface area (Å²) in [6.45, 7) is 3.62. The third-order valence-electron chi connectivity index (χ3n) is 5.36. The van der Waals surface area contributed by atoms with E-state index in [1.165, 1.54) is 5.56 Å². The van der Waals surface area contributed by atoms with E-state index < -0.39 is 0 Å². The maximum absolute atomic E-state index is 12.1. The molecule has 0 atom stereocenters. The Bertz CT molecular complexity index is 849. The number of rotatable bonds is 8. The molecule has 7 heteroatoms. The van der Waals surface area contributed by atoms with Crippen molar-refractivity contribution < 1.29 is 14.3 Å². The molecule has 0 saturated carbocycles. The van der Waals surface area contributed by atoms with Gasteiger partial charge in [-0.05, 0) is 67.7 Å². The highest BCUT2D eigenvalue weighted by molar-refractivity contribution is 9.10. The number of carbonyl (C=O) groups is 2. The third kappa shape index (κ3) is 6.85. The zero-order valence-electron chi connectivity index (χ0n) is 17.2. The highest BCUT2D eigenvalue weighted by atomic mass is 79.9. The molecular weight excluding hydrogens is 446 g/mol. The lowest BCUT2D eigenvalue weighted by molar-refractivity contribution is -0.120. The molecule has 30 heavy (non-hydrogen) atoms. The number of hydrogen-bond donors (Lipinski definition) is 2. The second-order valence-corrected chi connectivity index (χ2v) is 8.48. The van der Waals surface area contributed by atoms with Crippen molar-refractivity contribution in [2.75, 3.05) is 33.3 Å². The van der Waals surface area contributed by atoms with Crippen LogP contribution in [-0.2, 0) is 11.3 Å². The topological polar surface area (TPSA) is 70.7 Å². The Morgan fingerprint density at radius 2 is 1.83 bits per heavy atom. The molecule has 1 aliphatic heterocycles. The first-order valence-corrected chi connectivity index (χ1v) is 11.0. The number of benzene rings is 2. The first-order chi connectivity index (χ1) is 14.5. The molecule has 0 spiro atoms. The number of likely N-dealkylation sites (tertiary alicyclic amines) is 1. The van der Waals surface area contributed by atoms with E-state index >= 15 is 0 Å². The van der Waals surface area contributed by atoms with Crippen molar-refractivity contribution in [1.29, 1.82) is 0 Å². The largest absolute Gasteiger partial charge is 0.497 e. The average molecular weight is 474 g/mol. The molecule has 0 bridgehead atoms. The first kappa shape index (κ1) is 22.3. The van der Waals surface area contributed by atoms with Crippen molar-refractivity contribution in [2.45, 2.75) is 19.4 Å². The van der Waals surface area contributed by atoms with Crippen LogP contribution in [0, 0.1) is 5.92 Å². The van der Waals surface area contributed by atoms with Crippen LogP contribution in [0.25, 0.3) is 0 Å². The standard InChI is InChI=1S/C23H28BrN3O3/c1-30-21-7-5-18(6-8-21)16-27-11-9-17(10-12-27)14-25-22(28)15-26-23(29)19-3-2-4-20(24)13-19/h2-8,13,17H,9-12,14-16H2,1H3,(H,25,28)(H,26,29). The summed E-state index contributed by atoms with van der Waals surface area (Å²) in [7, 11) is 1.68. The molecule has 0 aliphatic carbocycles. The zero-order chi connectivity index (χ0) is 21.3. The van der Waals surface area contributed by atoms with Gasteiger partial charge in [0.2, 0.25) is 5.91 Å². The minimum Gasteiger partial charge on any atom is -0.497 e. The molecule has 0 aromatic heterocycles. The molecule has 1 fully saturated rings. The van der Waals surface area contributed by atoms with E-state index in [9.17, 15) is 9.59 Å². The Kier molecular flexibility index (Phi) is 8.28. The Morgan fingerprint density at radius 3 is 2.50 bits per heavy atom. The summed E-state index contributed by atoms with van der Waals surface area (Å²) >= 11 is 3.34. The van der Waals surface area contributed by atoms with Crippen LogP contribution in [0.1, 0.15) is 28.8 Å². The molecule has 1 aliphatic rings. The highest BCUT2D eigenvalue weighted by Gasteiger charge is 2.20. The molecule has 1 heterocycles. The second-order valence-electron chi connectivity index (χ2n) is 7.56. The van der Waals surface area contributed by atoms with Crippen molar-refractivity contribution in [3.8, 4) is 5.75 Å². The molecule has 2 amide bonds. The fourth-order valence-corrected chi connectivity index (χ4v) is 3.95. The van der Waals surface area contributed by atoms with Crippen molar-refractivity contribution in [2.24, 2.45) is 5.92 Å². The smallest absolute Gasteiger partial charge is 0.251 e. The lowest BCUT2D eigenvalue weighted by Gasteiger charge is -2.32. The van der Waals surface area contributed by atoms with Gasteiger partial charge in [0, 0.05) is 23.1 Å². The van der Waals surface area contributed by atoms with Crippen molar-refractivity contribution >= 4 is 27.7 Å². The van der Waals surface area contributed by atoms with Gasteiger partial charge in [-0.1, -0.05) is 34.1 Å². The molecule has 2 N–H and O–H groups in total. The SMILES string of the molecule is COc1ccc(CN2CCC(CNC(=O)CNC(=O)c3cccc(Br)c3)CC2)cc1. The number of methoxy groups -OCH3 is 1. The lowest BCUT2D eigenvalue weighted by atomic mass is 9.96. The fraction of sp³-hybridized carbons (Fsp3) is 0.391. The van der Waals surface area contributed by atoms with Gasteiger partial charge in [0.05, 0.1) is 13.7 Å². The van der Waals surface area contributed by atoms with Gasteiger partial charge >= 0.3 is 0 Å². The molecule has 3 rings (SSSR count). The Hall–Kier alpha value is -2.38. The highest BCUT2D eigenvalue weighted by Crippen LogP contribution is 2.19. The Balaban J connectivity index is 1.33. The van der Waals surface area contributed by atoms with Gasteiger partial charge in [-0.2, -0.15) is 0 Å². The van der Waals surface area contributed by atoms with E-state index in [2.05, 4.69) is 43.6 Å². The fourth-order valence-electron chi connectivity index (χ4n) is 3.55. The van der Waals surface area contributed by atoms with Crippen molar-refractivity contribution in [3.63, 3.8) is 0 Å². The summed E-state index contributed by atoms with van der Waals surface area (Å²) in [5, 5.41) is 5.62. The van der Waals surface area contributed by atoms with Gasteiger partial charge < -0.3 is 15.4 Å². The predicted molar refractivity (Wildman–Crippen MR) is 120 cm³/mol. The summed E-state index contributed by atoms with van der Waals surface area (Å²) in [6.07, 6.45) is 2.11. The summed E-state index contributed by atoms with van der Waals surface area (Å²) in [5.41, 5.74) is 1.81. The number of amides is 2. The van der Waals surface area contributed by atoms with Gasteiger partial charge in [-0.3, -0.25) is 14.5 Å². The summed E-state index contributed by atoms with van der Waals surface area (Å²) in [4.78, 5) is 26.6. The number of nitrogens with one attached hydrogen (secondary N) is 2. The van der Waals surface area contributed by atoms with E-state index in [-0.39, 0.29) is 18.4 Å². The molecule has 2 aromatic carbocycles. The quantitative estimate of drug-likeness (QED) is 0.617. The minimum atomic E-state index is -0.252. The number of piperidine rings is 1. The molecular formula is C23H28BrN3O3. The lowest BCUT2D eigenvalue weighted by Crippen LogP contribution is -2.41. The summed E-state index contributed by atoms with van der Waals surface area (Å²) in [6, 6.07) is 15.3. The van der Waals surface area contributed by atoms with Gasteiger partial charge in [0.15, 0.2) is 0 Å². The second kappa shape index (κ2) is 11.1. The van der Waals surface area contributed by atoms with Crippen LogP contribution in [0.2, 0.25) is 0 Å². The van der Waals surface area contributed by atoms with Crippen LogP contribution in [-0.4, -0.2) is 50.0 Å². The van der Waals surface area contributed by atoms with Crippen molar-refractivity contribution in [1.82, 2.24) is 15.5 Å². The summed E-state index contributed by atoms with van der Waals surface area (Å²) in [5.74, 6) is 0.945. The number of ether oxygens (including phenoxy) is 1. The van der Waals surface area contributed by atoms with E-state index in [0.717, 1.165) is 42.7 Å². The van der Waals surface area contributed by atoms with Crippen LogP contribution >= 0.6 is 15.9 Å². The maximum Gasteiger partial charge on any atom is 0.251 e. The number of halogens is 1. The van der Waals surface area contributed by atoms with Gasteiger partial charge in [-0.25, -0.2) is 0 Å². The van der Waals surface area contributed by atoms with Crippen LogP contribution in [0.3, 0.4) is 0 Å². The van der Waals surface area contributed by atoms with Crippen LogP contribution in [0.4, 0.5) is 0 Å².